The van der Waals surface area contributed by atoms with Crippen molar-refractivity contribution >= 4 is 16.9 Å². The molecule has 1 amide bonds. The number of nitrogens with zero attached hydrogens (tertiary/aromatic N) is 4. The van der Waals surface area contributed by atoms with Gasteiger partial charge in [-0.15, -0.1) is 10.2 Å². The third kappa shape index (κ3) is 2.53. The first kappa shape index (κ1) is 15.4. The van der Waals surface area contributed by atoms with E-state index in [2.05, 4.69) is 25.1 Å². The van der Waals surface area contributed by atoms with Crippen LogP contribution in [-0.2, 0) is 19.4 Å². The van der Waals surface area contributed by atoms with E-state index in [4.69, 9.17) is 0 Å². The normalized spacial score (nSPS) is 16.2. The number of imidazole rings is 1. The number of carbonyl (C=O) groups is 1. The third-order valence-corrected chi connectivity index (χ3v) is 5.21. The lowest BCUT2D eigenvalue weighted by atomic mass is 10.2. The molecule has 0 radical (unpaired) electrons. The fourth-order valence-electron chi connectivity index (χ4n) is 3.75. The number of amides is 1. The number of aromatic amines is 1. The molecule has 8 heteroatoms. The Balaban J connectivity index is 1.28. The second-order valence-electron chi connectivity index (χ2n) is 7.06. The zero-order valence-electron chi connectivity index (χ0n) is 14.4. The lowest BCUT2D eigenvalue weighted by molar-refractivity contribution is 0.0954. The predicted octanol–water partition coefficient (Wildman–Crippen LogP) is 1.17. The van der Waals surface area contributed by atoms with Crippen molar-refractivity contribution in [3.63, 3.8) is 0 Å². The lowest BCUT2D eigenvalue weighted by Crippen LogP contribution is -2.26. The standard InChI is InChI=1S/C18H20N6O2/c25-17(19-8-7-16-22-21-15-2-1-9-23(15)16)11-3-6-14-13(10-11)20-18(26)24(14)12-4-5-12/h3,6,10,12H,1-2,4-5,7-9H2,(H,19,25)(H,20,26). The van der Waals surface area contributed by atoms with E-state index in [1.165, 1.54) is 0 Å². The molecule has 2 aliphatic rings. The molecule has 26 heavy (non-hydrogen) atoms. The van der Waals surface area contributed by atoms with Crippen molar-refractivity contribution in [2.75, 3.05) is 6.54 Å². The van der Waals surface area contributed by atoms with Crippen LogP contribution in [0.3, 0.4) is 0 Å². The van der Waals surface area contributed by atoms with Crippen LogP contribution in [0.25, 0.3) is 11.0 Å². The molecule has 1 saturated carbocycles. The molecule has 2 N–H and O–H groups in total. The third-order valence-electron chi connectivity index (χ3n) is 5.21. The molecule has 1 fully saturated rings. The van der Waals surface area contributed by atoms with Crippen molar-refractivity contribution < 1.29 is 4.79 Å². The summed E-state index contributed by atoms with van der Waals surface area (Å²) < 4.78 is 3.94. The van der Waals surface area contributed by atoms with Gasteiger partial charge in [-0.05, 0) is 37.5 Å². The number of H-pyrrole nitrogens is 1. The van der Waals surface area contributed by atoms with Crippen LogP contribution in [0.2, 0.25) is 0 Å². The van der Waals surface area contributed by atoms with Crippen molar-refractivity contribution in [1.29, 1.82) is 0 Å². The van der Waals surface area contributed by atoms with E-state index < -0.39 is 0 Å². The Morgan fingerprint density at radius 2 is 2.19 bits per heavy atom. The summed E-state index contributed by atoms with van der Waals surface area (Å²) in [5, 5.41) is 11.3. The van der Waals surface area contributed by atoms with Gasteiger partial charge in [-0.2, -0.15) is 0 Å². The van der Waals surface area contributed by atoms with Gasteiger partial charge in [0.15, 0.2) is 0 Å². The monoisotopic (exact) mass is 352 g/mol. The number of carbonyl (C=O) groups excluding carboxylic acids is 1. The van der Waals surface area contributed by atoms with E-state index in [-0.39, 0.29) is 11.6 Å². The van der Waals surface area contributed by atoms with Crippen LogP contribution in [0, 0.1) is 0 Å². The number of fused-ring (bicyclic) bond motifs is 2. The zero-order valence-corrected chi connectivity index (χ0v) is 14.4. The second kappa shape index (κ2) is 5.82. The SMILES string of the molecule is O=C(NCCc1nnc2n1CCC2)c1ccc2c(c1)[nH]c(=O)n2C1CC1. The van der Waals surface area contributed by atoms with Crippen molar-refractivity contribution in [3.8, 4) is 0 Å². The van der Waals surface area contributed by atoms with Crippen molar-refractivity contribution in [2.24, 2.45) is 0 Å². The quantitative estimate of drug-likeness (QED) is 0.720. The van der Waals surface area contributed by atoms with Crippen LogP contribution in [0.4, 0.5) is 0 Å². The Morgan fingerprint density at radius 1 is 1.31 bits per heavy atom. The van der Waals surface area contributed by atoms with Crippen LogP contribution in [0.1, 0.15) is 47.3 Å². The van der Waals surface area contributed by atoms with E-state index in [9.17, 15) is 9.59 Å². The minimum absolute atomic E-state index is 0.0966. The van der Waals surface area contributed by atoms with Gasteiger partial charge in [0, 0.05) is 37.5 Å². The molecule has 1 aliphatic heterocycles. The lowest BCUT2D eigenvalue weighted by Gasteiger charge is -2.06. The van der Waals surface area contributed by atoms with Crippen LogP contribution in [0.15, 0.2) is 23.0 Å². The summed E-state index contributed by atoms with van der Waals surface area (Å²) in [4.78, 5) is 27.4. The van der Waals surface area contributed by atoms with Crippen molar-refractivity contribution in [3.05, 3.63) is 45.9 Å². The number of hydrogen-bond donors (Lipinski definition) is 2. The molecule has 2 aromatic heterocycles. The molecule has 0 saturated heterocycles. The Labute approximate surface area is 149 Å². The average Bonchev–Trinajstić information content (AvgIpc) is 3.09. The fourth-order valence-corrected chi connectivity index (χ4v) is 3.75. The molecule has 3 heterocycles. The highest BCUT2D eigenvalue weighted by molar-refractivity contribution is 5.97. The van der Waals surface area contributed by atoms with E-state index in [0.29, 0.717) is 30.1 Å². The average molecular weight is 352 g/mol. The highest BCUT2D eigenvalue weighted by atomic mass is 16.2. The predicted molar refractivity (Wildman–Crippen MR) is 95.2 cm³/mol. The molecule has 0 atom stereocenters. The molecule has 1 aromatic carbocycles. The van der Waals surface area contributed by atoms with E-state index in [0.717, 1.165) is 49.4 Å². The zero-order chi connectivity index (χ0) is 17.7. The van der Waals surface area contributed by atoms with Gasteiger partial charge in [0.2, 0.25) is 0 Å². The van der Waals surface area contributed by atoms with E-state index in [1.807, 2.05) is 6.07 Å². The first-order valence-corrected chi connectivity index (χ1v) is 9.14. The van der Waals surface area contributed by atoms with Crippen LogP contribution in [0.5, 0.6) is 0 Å². The van der Waals surface area contributed by atoms with Crippen molar-refractivity contribution in [1.82, 2.24) is 29.6 Å². The van der Waals surface area contributed by atoms with Gasteiger partial charge >= 0.3 is 5.69 Å². The van der Waals surface area contributed by atoms with Crippen LogP contribution in [-0.4, -0.2) is 36.8 Å². The van der Waals surface area contributed by atoms with Gasteiger partial charge in [-0.3, -0.25) is 9.36 Å². The summed E-state index contributed by atoms with van der Waals surface area (Å²) in [6.45, 7) is 1.47. The van der Waals surface area contributed by atoms with Gasteiger partial charge in [0.05, 0.1) is 11.0 Å². The molecule has 3 aromatic rings. The molecule has 1 aliphatic carbocycles. The maximum Gasteiger partial charge on any atom is 0.326 e. The van der Waals surface area contributed by atoms with E-state index in [1.54, 1.807) is 16.7 Å². The number of aryl methyl sites for hydroxylation is 1. The molecule has 134 valence electrons. The summed E-state index contributed by atoms with van der Waals surface area (Å²) in [6, 6.07) is 5.69. The number of rotatable bonds is 5. The topological polar surface area (TPSA) is 97.6 Å². The summed E-state index contributed by atoms with van der Waals surface area (Å²) in [5.74, 6) is 1.83. The Kier molecular flexibility index (Phi) is 3.44. The minimum Gasteiger partial charge on any atom is -0.352 e. The van der Waals surface area contributed by atoms with Gasteiger partial charge in [0.1, 0.15) is 11.6 Å². The largest absolute Gasteiger partial charge is 0.352 e. The smallest absolute Gasteiger partial charge is 0.326 e. The molecule has 0 bridgehead atoms. The Bertz CT molecular complexity index is 1060. The Morgan fingerprint density at radius 3 is 3.04 bits per heavy atom. The molecule has 5 rings (SSSR count). The highest BCUT2D eigenvalue weighted by Gasteiger charge is 2.27. The summed E-state index contributed by atoms with van der Waals surface area (Å²) >= 11 is 0. The summed E-state index contributed by atoms with van der Waals surface area (Å²) in [7, 11) is 0. The molecule has 8 nitrogen and oxygen atoms in total. The van der Waals surface area contributed by atoms with Crippen molar-refractivity contribution in [2.45, 2.75) is 44.7 Å². The maximum absolute atomic E-state index is 12.4. The summed E-state index contributed by atoms with van der Waals surface area (Å²) in [5.41, 5.74) is 2.03. The van der Waals surface area contributed by atoms with Gasteiger partial charge in [0.25, 0.3) is 5.91 Å². The Hall–Kier alpha value is -2.90. The second-order valence-corrected chi connectivity index (χ2v) is 7.06. The first-order chi connectivity index (χ1) is 12.7. The van der Waals surface area contributed by atoms with E-state index >= 15 is 0 Å². The fraction of sp³-hybridized carbons (Fsp3) is 0.444. The van der Waals surface area contributed by atoms with Gasteiger partial charge < -0.3 is 14.9 Å². The number of nitrogens with one attached hydrogen (secondary N) is 2. The highest BCUT2D eigenvalue weighted by Crippen LogP contribution is 2.35. The number of benzene rings is 1. The molecular weight excluding hydrogens is 332 g/mol. The van der Waals surface area contributed by atoms with Crippen LogP contribution < -0.4 is 11.0 Å². The molecule has 0 spiro atoms. The van der Waals surface area contributed by atoms with Gasteiger partial charge in [-0.1, -0.05) is 0 Å². The van der Waals surface area contributed by atoms with Gasteiger partial charge in [-0.25, -0.2) is 4.79 Å². The molecule has 0 unspecified atom stereocenters. The summed E-state index contributed by atoms with van der Waals surface area (Å²) in [6.07, 6.45) is 4.85. The maximum atomic E-state index is 12.4. The first-order valence-electron chi connectivity index (χ1n) is 9.14. The number of aromatic nitrogens is 5. The number of hydrogen-bond acceptors (Lipinski definition) is 4. The van der Waals surface area contributed by atoms with Crippen LogP contribution >= 0.6 is 0 Å². The molecular formula is C18H20N6O2. The minimum atomic E-state index is -0.145.